The Hall–Kier alpha value is -2.69. The molecule has 0 fully saturated rings. The van der Waals surface area contributed by atoms with Gasteiger partial charge >= 0.3 is 0 Å². The second-order valence-electron chi connectivity index (χ2n) is 4.80. The molecule has 116 valence electrons. The highest BCUT2D eigenvalue weighted by Gasteiger charge is 2.14. The number of carbonyl (C=O) groups excluding carboxylic acids is 1. The molecule has 0 bridgehead atoms. The van der Waals surface area contributed by atoms with Crippen molar-refractivity contribution >= 4 is 5.78 Å². The highest BCUT2D eigenvalue weighted by Crippen LogP contribution is 2.27. The van der Waals surface area contributed by atoms with Gasteiger partial charge in [0, 0.05) is 18.6 Å². The van der Waals surface area contributed by atoms with Crippen LogP contribution in [0.15, 0.2) is 36.4 Å². The van der Waals surface area contributed by atoms with Crippen molar-refractivity contribution in [2.24, 2.45) is 0 Å². The number of ether oxygens (including phenoxy) is 2. The average molecular weight is 302 g/mol. The molecule has 0 atom stereocenters. The first kappa shape index (κ1) is 15.7. The molecule has 0 saturated carbocycles. The van der Waals surface area contributed by atoms with Crippen molar-refractivity contribution in [3.63, 3.8) is 0 Å². The number of methoxy groups -OCH3 is 2. The Kier molecular flexibility index (Phi) is 4.88. The van der Waals surface area contributed by atoms with Crippen molar-refractivity contribution in [2.45, 2.75) is 12.8 Å². The van der Waals surface area contributed by atoms with Crippen molar-refractivity contribution in [1.29, 1.82) is 0 Å². The minimum Gasteiger partial charge on any atom is -0.508 e. The van der Waals surface area contributed by atoms with Crippen molar-refractivity contribution < 1.29 is 24.5 Å². The zero-order valence-corrected chi connectivity index (χ0v) is 12.5. The summed E-state index contributed by atoms with van der Waals surface area (Å²) in [5.41, 5.74) is 1.08. The molecule has 0 aromatic heterocycles. The van der Waals surface area contributed by atoms with Gasteiger partial charge in [0.2, 0.25) is 0 Å². The Labute approximate surface area is 128 Å². The van der Waals surface area contributed by atoms with E-state index in [0.29, 0.717) is 29.0 Å². The van der Waals surface area contributed by atoms with Gasteiger partial charge in [0.15, 0.2) is 5.78 Å². The Morgan fingerprint density at radius 3 is 2.45 bits per heavy atom. The first-order valence-corrected chi connectivity index (χ1v) is 6.81. The molecule has 2 N–H and O–H groups in total. The molecule has 0 heterocycles. The van der Waals surface area contributed by atoms with E-state index in [4.69, 9.17) is 9.47 Å². The molecule has 0 unspecified atom stereocenters. The normalized spacial score (nSPS) is 10.3. The third kappa shape index (κ3) is 3.49. The smallest absolute Gasteiger partial charge is 0.166 e. The van der Waals surface area contributed by atoms with Crippen LogP contribution in [0.4, 0.5) is 0 Å². The van der Waals surface area contributed by atoms with E-state index in [1.807, 2.05) is 0 Å². The maximum absolute atomic E-state index is 12.3. The minimum absolute atomic E-state index is 0.00981. The van der Waals surface area contributed by atoms with Gasteiger partial charge in [-0.3, -0.25) is 4.79 Å². The van der Waals surface area contributed by atoms with Crippen LogP contribution >= 0.6 is 0 Å². The number of aryl methyl sites for hydroxylation is 1. The molecule has 0 spiro atoms. The van der Waals surface area contributed by atoms with Crippen LogP contribution < -0.4 is 9.47 Å². The third-order valence-electron chi connectivity index (χ3n) is 3.40. The molecular weight excluding hydrogens is 284 g/mol. The molecular formula is C17H18O5. The minimum atomic E-state index is -0.0908. The zero-order valence-electron chi connectivity index (χ0n) is 12.5. The van der Waals surface area contributed by atoms with Gasteiger partial charge in [0.25, 0.3) is 0 Å². The molecule has 2 aromatic rings. The lowest BCUT2D eigenvalue weighted by Crippen LogP contribution is -2.04. The summed E-state index contributed by atoms with van der Waals surface area (Å²) in [5.74, 6) is 0.953. The van der Waals surface area contributed by atoms with Crippen molar-refractivity contribution in [1.82, 2.24) is 0 Å². The van der Waals surface area contributed by atoms with Crippen LogP contribution in [-0.4, -0.2) is 30.2 Å². The summed E-state index contributed by atoms with van der Waals surface area (Å²) >= 11 is 0. The lowest BCUT2D eigenvalue weighted by molar-refractivity contribution is 0.0980. The second kappa shape index (κ2) is 6.85. The topological polar surface area (TPSA) is 76.0 Å². The number of carbonyl (C=O) groups is 1. The monoisotopic (exact) mass is 302 g/mol. The van der Waals surface area contributed by atoms with Gasteiger partial charge in [-0.05, 0) is 30.2 Å². The fourth-order valence-corrected chi connectivity index (χ4v) is 2.18. The molecule has 5 nitrogen and oxygen atoms in total. The van der Waals surface area contributed by atoms with Crippen molar-refractivity contribution in [3.8, 4) is 23.0 Å². The van der Waals surface area contributed by atoms with Crippen LogP contribution in [0.3, 0.4) is 0 Å². The molecule has 0 aliphatic carbocycles. The van der Waals surface area contributed by atoms with Crippen LogP contribution in [0.2, 0.25) is 0 Å². The number of hydrogen-bond donors (Lipinski definition) is 2. The molecule has 0 radical (unpaired) electrons. The Morgan fingerprint density at radius 2 is 1.82 bits per heavy atom. The number of ketones is 1. The maximum atomic E-state index is 12.3. The zero-order chi connectivity index (χ0) is 16.1. The maximum Gasteiger partial charge on any atom is 0.166 e. The van der Waals surface area contributed by atoms with Crippen LogP contribution in [0.1, 0.15) is 22.3 Å². The lowest BCUT2D eigenvalue weighted by Gasteiger charge is -2.10. The summed E-state index contributed by atoms with van der Waals surface area (Å²) in [6.07, 6.45) is 0.598. The van der Waals surface area contributed by atoms with Gasteiger partial charge in [-0.1, -0.05) is 6.07 Å². The van der Waals surface area contributed by atoms with Crippen LogP contribution in [0.25, 0.3) is 0 Å². The van der Waals surface area contributed by atoms with Crippen LogP contribution in [-0.2, 0) is 6.42 Å². The number of Topliss-reactive ketones (excluding diaryl/α,β-unsaturated/α-hetero) is 1. The number of phenolic OH excluding ortho intramolecular Hbond substituents is 2. The van der Waals surface area contributed by atoms with Crippen LogP contribution in [0, 0.1) is 0 Å². The second-order valence-corrected chi connectivity index (χ2v) is 4.80. The summed E-state index contributed by atoms with van der Waals surface area (Å²) in [7, 11) is 3.04. The van der Waals surface area contributed by atoms with Gasteiger partial charge in [0.1, 0.15) is 23.0 Å². The molecule has 0 amide bonds. The van der Waals surface area contributed by atoms with Gasteiger partial charge < -0.3 is 19.7 Å². The number of rotatable bonds is 6. The molecule has 5 heteroatoms. The summed E-state index contributed by atoms with van der Waals surface area (Å²) in [4.78, 5) is 12.3. The summed E-state index contributed by atoms with van der Waals surface area (Å²) < 4.78 is 10.3. The summed E-state index contributed by atoms with van der Waals surface area (Å²) in [6.45, 7) is 0. The van der Waals surface area contributed by atoms with E-state index in [2.05, 4.69) is 0 Å². The van der Waals surface area contributed by atoms with E-state index in [1.165, 1.54) is 19.2 Å². The number of aromatic hydroxyl groups is 2. The quantitative estimate of drug-likeness (QED) is 0.802. The Bertz CT molecular complexity index is 679. The van der Waals surface area contributed by atoms with E-state index in [-0.39, 0.29) is 23.7 Å². The average Bonchev–Trinajstić information content (AvgIpc) is 2.53. The highest BCUT2D eigenvalue weighted by molar-refractivity contribution is 5.99. The van der Waals surface area contributed by atoms with Crippen molar-refractivity contribution in [2.75, 3.05) is 14.2 Å². The highest BCUT2D eigenvalue weighted by atomic mass is 16.5. The summed E-state index contributed by atoms with van der Waals surface area (Å²) in [5, 5.41) is 19.0. The SMILES string of the molecule is COc1ccc(C(=O)CCc2ccc(O)cc2O)c(OC)c1. The third-order valence-corrected chi connectivity index (χ3v) is 3.40. The van der Waals surface area contributed by atoms with E-state index < -0.39 is 0 Å². The molecule has 22 heavy (non-hydrogen) atoms. The molecule has 0 aliphatic rings. The fourth-order valence-electron chi connectivity index (χ4n) is 2.18. The number of hydrogen-bond acceptors (Lipinski definition) is 5. The predicted octanol–water partition coefficient (Wildman–Crippen LogP) is 2.93. The molecule has 0 aliphatic heterocycles. The fraction of sp³-hybridized carbons (Fsp3) is 0.235. The Morgan fingerprint density at radius 1 is 1.05 bits per heavy atom. The molecule has 2 aromatic carbocycles. The van der Waals surface area contributed by atoms with Crippen LogP contribution in [0.5, 0.6) is 23.0 Å². The first-order valence-electron chi connectivity index (χ1n) is 6.81. The molecule has 0 saturated heterocycles. The van der Waals surface area contributed by atoms with Gasteiger partial charge in [-0.25, -0.2) is 0 Å². The lowest BCUT2D eigenvalue weighted by atomic mass is 10.0. The first-order chi connectivity index (χ1) is 10.5. The van der Waals surface area contributed by atoms with Gasteiger partial charge in [-0.15, -0.1) is 0 Å². The Balaban J connectivity index is 2.12. The van der Waals surface area contributed by atoms with E-state index in [9.17, 15) is 15.0 Å². The van der Waals surface area contributed by atoms with Crippen molar-refractivity contribution in [3.05, 3.63) is 47.5 Å². The van der Waals surface area contributed by atoms with Gasteiger partial charge in [0.05, 0.1) is 19.8 Å². The van der Waals surface area contributed by atoms with E-state index in [1.54, 1.807) is 31.4 Å². The summed E-state index contributed by atoms with van der Waals surface area (Å²) in [6, 6.07) is 9.36. The van der Waals surface area contributed by atoms with E-state index >= 15 is 0 Å². The molecule has 2 rings (SSSR count). The predicted molar refractivity (Wildman–Crippen MR) is 82.0 cm³/mol. The standard InChI is InChI=1S/C17H18O5/c1-21-13-6-7-14(17(10-13)22-2)15(19)8-4-11-3-5-12(18)9-16(11)20/h3,5-7,9-10,18,20H,4,8H2,1-2H3. The number of phenols is 2. The van der Waals surface area contributed by atoms with Gasteiger partial charge in [-0.2, -0.15) is 0 Å². The number of benzene rings is 2. The largest absolute Gasteiger partial charge is 0.508 e. The van der Waals surface area contributed by atoms with E-state index in [0.717, 1.165) is 0 Å².